The van der Waals surface area contributed by atoms with E-state index in [-0.39, 0.29) is 17.6 Å². The van der Waals surface area contributed by atoms with Crippen LogP contribution in [0.1, 0.15) is 15.9 Å². The second-order valence-electron chi connectivity index (χ2n) is 6.53. The molecule has 3 aromatic carbocycles. The third-order valence-electron chi connectivity index (χ3n) is 4.20. The first-order valence-electron chi connectivity index (χ1n) is 9.19. The number of nitrogens with one attached hydrogen (secondary N) is 2. The minimum atomic E-state index is -0.169. The molecule has 0 heterocycles. The molecule has 7 heteroatoms. The molecule has 3 aromatic rings. The van der Waals surface area contributed by atoms with Crippen molar-refractivity contribution < 1.29 is 14.3 Å². The number of amides is 2. The van der Waals surface area contributed by atoms with Crippen LogP contribution in [0.5, 0.6) is 5.75 Å². The number of benzene rings is 3. The van der Waals surface area contributed by atoms with Gasteiger partial charge in [0.15, 0.2) is 0 Å². The molecule has 0 radical (unpaired) electrons. The Morgan fingerprint density at radius 2 is 1.77 bits per heavy atom. The summed E-state index contributed by atoms with van der Waals surface area (Å²) in [5, 5.41) is 6.20. The van der Waals surface area contributed by atoms with Crippen LogP contribution in [0.15, 0.2) is 71.6 Å². The van der Waals surface area contributed by atoms with E-state index in [1.54, 1.807) is 24.3 Å². The summed E-state index contributed by atoms with van der Waals surface area (Å²) in [6.07, 6.45) is 0. The smallest absolute Gasteiger partial charge is 0.255 e. The largest absolute Gasteiger partial charge is 0.495 e. The Hall–Kier alpha value is -2.96. The van der Waals surface area contributed by atoms with Crippen molar-refractivity contribution in [2.45, 2.75) is 11.8 Å². The number of anilines is 2. The first-order chi connectivity index (χ1) is 14.4. The number of thioether (sulfide) groups is 1. The van der Waals surface area contributed by atoms with Crippen molar-refractivity contribution >= 4 is 46.6 Å². The molecule has 0 saturated heterocycles. The second kappa shape index (κ2) is 10.2. The van der Waals surface area contributed by atoms with Gasteiger partial charge in [-0.1, -0.05) is 29.3 Å². The number of carbonyl (C=O) groups excluding carboxylic acids is 2. The van der Waals surface area contributed by atoms with Crippen molar-refractivity contribution in [2.24, 2.45) is 0 Å². The maximum Gasteiger partial charge on any atom is 0.255 e. The molecule has 0 saturated carbocycles. The first kappa shape index (κ1) is 21.7. The van der Waals surface area contributed by atoms with Crippen LogP contribution in [0, 0.1) is 6.92 Å². The van der Waals surface area contributed by atoms with E-state index in [0.29, 0.717) is 27.7 Å². The van der Waals surface area contributed by atoms with Gasteiger partial charge < -0.3 is 15.4 Å². The monoisotopic (exact) mass is 440 g/mol. The molecular weight excluding hydrogens is 420 g/mol. The average molecular weight is 441 g/mol. The van der Waals surface area contributed by atoms with Crippen molar-refractivity contribution in [3.8, 4) is 5.75 Å². The maximum atomic E-state index is 12.3. The normalized spacial score (nSPS) is 10.4. The van der Waals surface area contributed by atoms with Gasteiger partial charge in [-0.25, -0.2) is 0 Å². The lowest BCUT2D eigenvalue weighted by atomic mass is 10.1. The summed E-state index contributed by atoms with van der Waals surface area (Å²) >= 11 is 7.38. The molecule has 5 nitrogen and oxygen atoms in total. The highest BCUT2D eigenvalue weighted by atomic mass is 35.5. The Balaban J connectivity index is 1.54. The first-order valence-corrected chi connectivity index (χ1v) is 10.6. The van der Waals surface area contributed by atoms with Gasteiger partial charge in [0.1, 0.15) is 5.75 Å². The summed E-state index contributed by atoms with van der Waals surface area (Å²) in [4.78, 5) is 25.5. The molecule has 0 aliphatic rings. The third kappa shape index (κ3) is 6.02. The molecule has 0 fully saturated rings. The van der Waals surface area contributed by atoms with Gasteiger partial charge in [0, 0.05) is 21.2 Å². The predicted molar refractivity (Wildman–Crippen MR) is 123 cm³/mol. The number of rotatable bonds is 7. The lowest BCUT2D eigenvalue weighted by Gasteiger charge is -2.10. The summed E-state index contributed by atoms with van der Waals surface area (Å²) in [7, 11) is 1.53. The zero-order chi connectivity index (χ0) is 21.5. The van der Waals surface area contributed by atoms with E-state index in [4.69, 9.17) is 16.3 Å². The summed E-state index contributed by atoms with van der Waals surface area (Å²) in [6, 6.07) is 19.8. The van der Waals surface area contributed by atoms with E-state index >= 15 is 0 Å². The highest BCUT2D eigenvalue weighted by molar-refractivity contribution is 8.00. The molecule has 154 valence electrons. The number of ether oxygens (including phenoxy) is 1. The molecule has 0 atom stereocenters. The van der Waals surface area contributed by atoms with Gasteiger partial charge in [-0.2, -0.15) is 0 Å². The van der Waals surface area contributed by atoms with E-state index in [0.717, 1.165) is 10.5 Å². The van der Waals surface area contributed by atoms with Gasteiger partial charge in [0.2, 0.25) is 5.91 Å². The van der Waals surface area contributed by atoms with Crippen molar-refractivity contribution in [3.05, 3.63) is 82.9 Å². The Kier molecular flexibility index (Phi) is 7.38. The molecule has 2 N–H and O–H groups in total. The zero-order valence-electron chi connectivity index (χ0n) is 16.6. The van der Waals surface area contributed by atoms with Crippen LogP contribution >= 0.6 is 23.4 Å². The fourth-order valence-electron chi connectivity index (χ4n) is 2.74. The Morgan fingerprint density at radius 3 is 2.47 bits per heavy atom. The zero-order valence-corrected chi connectivity index (χ0v) is 18.1. The highest BCUT2D eigenvalue weighted by Gasteiger charge is 2.10. The second-order valence-corrected chi connectivity index (χ2v) is 8.01. The van der Waals surface area contributed by atoms with Crippen LogP contribution in [-0.4, -0.2) is 24.7 Å². The van der Waals surface area contributed by atoms with Gasteiger partial charge >= 0.3 is 0 Å². The SMILES string of the molecule is COc1ccc(Cl)cc1NC(=O)CSc1ccc(NC(=O)c2cccc(C)c2)cc1. The minimum Gasteiger partial charge on any atom is -0.495 e. The fraction of sp³-hybridized carbons (Fsp3) is 0.130. The van der Waals surface area contributed by atoms with E-state index in [2.05, 4.69) is 10.6 Å². The number of carbonyl (C=O) groups is 2. The lowest BCUT2D eigenvalue weighted by Crippen LogP contribution is -2.14. The van der Waals surface area contributed by atoms with E-state index in [1.165, 1.54) is 18.9 Å². The van der Waals surface area contributed by atoms with Gasteiger partial charge in [0.25, 0.3) is 5.91 Å². The van der Waals surface area contributed by atoms with Crippen LogP contribution in [0.2, 0.25) is 5.02 Å². The molecule has 0 aliphatic heterocycles. The Labute approximate surface area is 184 Å². The topological polar surface area (TPSA) is 67.4 Å². The predicted octanol–water partition coefficient (Wildman–Crippen LogP) is 5.64. The Morgan fingerprint density at radius 1 is 1.00 bits per heavy atom. The molecule has 0 spiro atoms. The van der Waals surface area contributed by atoms with Crippen molar-refractivity contribution in [3.63, 3.8) is 0 Å². The van der Waals surface area contributed by atoms with Gasteiger partial charge in [-0.15, -0.1) is 11.8 Å². The van der Waals surface area contributed by atoms with Crippen LogP contribution in [0.3, 0.4) is 0 Å². The average Bonchev–Trinajstić information content (AvgIpc) is 2.73. The molecule has 30 heavy (non-hydrogen) atoms. The number of halogens is 1. The van der Waals surface area contributed by atoms with Gasteiger partial charge in [-0.05, 0) is 61.5 Å². The third-order valence-corrected chi connectivity index (χ3v) is 5.45. The van der Waals surface area contributed by atoms with Gasteiger partial charge in [-0.3, -0.25) is 9.59 Å². The van der Waals surface area contributed by atoms with Crippen molar-refractivity contribution in [1.82, 2.24) is 0 Å². The molecular formula is C23H21ClN2O3S. The fourth-order valence-corrected chi connectivity index (χ4v) is 3.61. The van der Waals surface area contributed by atoms with E-state index in [9.17, 15) is 9.59 Å². The standard InChI is InChI=1S/C23H21ClN2O3S/c1-15-4-3-5-16(12-15)23(28)25-18-7-9-19(10-8-18)30-14-22(27)26-20-13-17(24)6-11-21(20)29-2/h3-13H,14H2,1-2H3,(H,25,28)(H,26,27). The summed E-state index contributed by atoms with van der Waals surface area (Å²) in [6.45, 7) is 1.95. The van der Waals surface area contributed by atoms with Crippen LogP contribution in [-0.2, 0) is 4.79 Å². The number of hydrogen-bond donors (Lipinski definition) is 2. The summed E-state index contributed by atoms with van der Waals surface area (Å²) in [5.41, 5.74) is 2.87. The summed E-state index contributed by atoms with van der Waals surface area (Å²) < 4.78 is 5.23. The van der Waals surface area contributed by atoms with E-state index < -0.39 is 0 Å². The minimum absolute atomic E-state index is 0.158. The molecule has 0 unspecified atom stereocenters. The van der Waals surface area contributed by atoms with Crippen molar-refractivity contribution in [1.29, 1.82) is 0 Å². The van der Waals surface area contributed by atoms with Crippen molar-refractivity contribution in [2.75, 3.05) is 23.5 Å². The number of methoxy groups -OCH3 is 1. The van der Waals surface area contributed by atoms with Crippen LogP contribution in [0.4, 0.5) is 11.4 Å². The highest BCUT2D eigenvalue weighted by Crippen LogP contribution is 2.28. The summed E-state index contributed by atoms with van der Waals surface area (Å²) in [5.74, 6) is 0.447. The van der Waals surface area contributed by atoms with E-state index in [1.807, 2.05) is 49.4 Å². The molecule has 0 bridgehead atoms. The van der Waals surface area contributed by atoms with Gasteiger partial charge in [0.05, 0.1) is 18.6 Å². The number of aryl methyl sites for hydroxylation is 1. The Bertz CT molecular complexity index is 1050. The number of hydrogen-bond acceptors (Lipinski definition) is 4. The lowest BCUT2D eigenvalue weighted by molar-refractivity contribution is -0.113. The molecule has 3 rings (SSSR count). The van der Waals surface area contributed by atoms with Crippen LogP contribution in [0.25, 0.3) is 0 Å². The molecule has 0 aliphatic carbocycles. The quantitative estimate of drug-likeness (QED) is 0.466. The maximum absolute atomic E-state index is 12.3. The molecule has 0 aromatic heterocycles. The molecule has 2 amide bonds. The van der Waals surface area contributed by atoms with Crippen LogP contribution < -0.4 is 15.4 Å².